The van der Waals surface area contributed by atoms with Crippen LogP contribution in [0.1, 0.15) is 30.5 Å². The van der Waals surface area contributed by atoms with E-state index in [0.29, 0.717) is 6.54 Å². The Balaban J connectivity index is 2.00. The lowest BCUT2D eigenvalue weighted by molar-refractivity contribution is -0.676. The summed E-state index contributed by atoms with van der Waals surface area (Å²) in [7, 11) is 0. The number of nitrogens with one attached hydrogen (secondary N) is 2. The molecule has 0 aliphatic carbocycles. The van der Waals surface area contributed by atoms with E-state index in [1.54, 1.807) is 12.1 Å². The Morgan fingerprint density at radius 1 is 0.966 bits per heavy atom. The number of carbonyl (C=O) groups is 2. The number of rotatable bonds is 11. The number of halogens is 2. The predicted octanol–water partition coefficient (Wildman–Crippen LogP) is 1.58. The van der Waals surface area contributed by atoms with E-state index in [0.717, 1.165) is 17.5 Å². The second-order valence-electron chi connectivity index (χ2n) is 6.40. The first-order chi connectivity index (χ1) is 14.0. The molecule has 2 aromatic rings. The van der Waals surface area contributed by atoms with Crippen LogP contribution in [0.2, 0.25) is 0 Å². The molecule has 0 heterocycles. The van der Waals surface area contributed by atoms with Crippen LogP contribution in [0.3, 0.4) is 0 Å². The van der Waals surface area contributed by atoms with Crippen LogP contribution in [0.5, 0.6) is 5.75 Å². The van der Waals surface area contributed by atoms with Crippen molar-refractivity contribution in [2.24, 2.45) is 0 Å². The molecule has 156 valence electrons. The molecule has 0 saturated heterocycles. The maximum absolute atomic E-state index is 12.4. The highest BCUT2D eigenvalue weighted by atomic mass is 19.3. The zero-order valence-electron chi connectivity index (χ0n) is 16.2. The Hall–Kier alpha value is -3.00. The van der Waals surface area contributed by atoms with Gasteiger partial charge in [-0.3, -0.25) is 9.59 Å². The van der Waals surface area contributed by atoms with Gasteiger partial charge in [0, 0.05) is 17.7 Å². The number of benzene rings is 2. The van der Waals surface area contributed by atoms with Gasteiger partial charge in [-0.2, -0.15) is 8.78 Å². The average molecular weight is 406 g/mol. The fraction of sp³-hybridized carbons (Fsp3) is 0.333. The first-order valence-electron chi connectivity index (χ1n) is 9.46. The monoisotopic (exact) mass is 406 g/mol. The van der Waals surface area contributed by atoms with E-state index in [9.17, 15) is 18.4 Å². The third kappa shape index (κ3) is 7.87. The number of amides is 2. The molecule has 29 heavy (non-hydrogen) atoms. The van der Waals surface area contributed by atoms with E-state index in [-0.39, 0.29) is 36.7 Å². The zero-order chi connectivity index (χ0) is 21.1. The van der Waals surface area contributed by atoms with E-state index < -0.39 is 6.61 Å². The van der Waals surface area contributed by atoms with Gasteiger partial charge in [0.05, 0.1) is 6.54 Å². The number of hydrogen-bond donors (Lipinski definition) is 3. The quantitative estimate of drug-likeness (QED) is 0.530. The van der Waals surface area contributed by atoms with E-state index in [1.165, 1.54) is 12.1 Å². The number of quaternary nitrogens is 1. The first-order valence-corrected chi connectivity index (χ1v) is 9.46. The second kappa shape index (κ2) is 11.8. The van der Waals surface area contributed by atoms with Crippen LogP contribution in [0.15, 0.2) is 54.6 Å². The highest BCUT2D eigenvalue weighted by molar-refractivity contribution is 5.84. The normalized spacial score (nSPS) is 11.7. The van der Waals surface area contributed by atoms with Gasteiger partial charge in [-0.1, -0.05) is 37.3 Å². The predicted molar refractivity (Wildman–Crippen MR) is 104 cm³/mol. The molecule has 1 atom stereocenters. The Morgan fingerprint density at radius 3 is 2.24 bits per heavy atom. The second-order valence-corrected chi connectivity index (χ2v) is 6.40. The first kappa shape index (κ1) is 22.3. The van der Waals surface area contributed by atoms with Crippen molar-refractivity contribution in [3.63, 3.8) is 0 Å². The van der Waals surface area contributed by atoms with Crippen LogP contribution in [-0.4, -0.2) is 38.1 Å². The lowest BCUT2D eigenvalue weighted by Crippen LogP contribution is -2.87. The van der Waals surface area contributed by atoms with E-state index in [1.807, 2.05) is 42.6 Å². The fourth-order valence-corrected chi connectivity index (χ4v) is 2.78. The Labute approximate surface area is 168 Å². The third-order valence-corrected chi connectivity index (χ3v) is 4.18. The lowest BCUT2D eigenvalue weighted by Gasteiger charge is -2.17. The minimum Gasteiger partial charge on any atom is -0.435 e. The largest absolute Gasteiger partial charge is 0.435 e. The van der Waals surface area contributed by atoms with Crippen molar-refractivity contribution in [2.75, 3.05) is 19.6 Å². The molecule has 2 aromatic carbocycles. The van der Waals surface area contributed by atoms with Crippen molar-refractivity contribution in [1.29, 1.82) is 0 Å². The van der Waals surface area contributed by atoms with Gasteiger partial charge < -0.3 is 20.7 Å². The Bertz CT molecular complexity index is 771. The Morgan fingerprint density at radius 2 is 1.62 bits per heavy atom. The molecule has 2 rings (SSSR count). The van der Waals surface area contributed by atoms with Gasteiger partial charge in [-0.15, -0.1) is 0 Å². The Kier molecular flexibility index (Phi) is 9.04. The minimum absolute atomic E-state index is 0.0671. The molecule has 0 aromatic heterocycles. The van der Waals surface area contributed by atoms with Gasteiger partial charge in [0.2, 0.25) is 5.91 Å². The summed E-state index contributed by atoms with van der Waals surface area (Å²) in [5, 5.41) is 7.12. The van der Waals surface area contributed by atoms with Gasteiger partial charge in [0.15, 0.2) is 6.54 Å². The van der Waals surface area contributed by atoms with Gasteiger partial charge in [-0.25, -0.2) is 0 Å². The average Bonchev–Trinajstić information content (AvgIpc) is 2.72. The van der Waals surface area contributed by atoms with Crippen molar-refractivity contribution >= 4 is 11.8 Å². The van der Waals surface area contributed by atoms with Crippen molar-refractivity contribution < 1.29 is 28.4 Å². The molecule has 0 fully saturated rings. The van der Waals surface area contributed by atoms with E-state index in [4.69, 9.17) is 0 Å². The summed E-state index contributed by atoms with van der Waals surface area (Å²) in [6.07, 6.45) is 0.827. The fourth-order valence-electron chi connectivity index (χ4n) is 2.78. The van der Waals surface area contributed by atoms with Gasteiger partial charge >= 0.3 is 6.61 Å². The smallest absolute Gasteiger partial charge is 0.387 e. The summed E-state index contributed by atoms with van der Waals surface area (Å²) in [5.74, 6) is -0.420. The maximum Gasteiger partial charge on any atom is 0.387 e. The van der Waals surface area contributed by atoms with Crippen LogP contribution < -0.4 is 20.7 Å². The molecule has 0 spiro atoms. The molecule has 0 aliphatic heterocycles. The summed E-state index contributed by atoms with van der Waals surface area (Å²) < 4.78 is 29.1. The number of ether oxygens (including phenoxy) is 1. The molecule has 8 heteroatoms. The molecule has 0 aliphatic rings. The molecular formula is C21H26F2N3O3+. The number of nitrogens with two attached hydrogens (primary N) is 1. The number of alkyl halides is 2. The highest BCUT2D eigenvalue weighted by Gasteiger charge is 2.19. The van der Waals surface area contributed by atoms with Crippen LogP contribution in [-0.2, 0) is 9.59 Å². The van der Waals surface area contributed by atoms with Gasteiger partial charge in [0.1, 0.15) is 11.8 Å². The van der Waals surface area contributed by atoms with Gasteiger partial charge in [-0.05, 0) is 30.7 Å². The summed E-state index contributed by atoms with van der Waals surface area (Å²) in [5.41, 5.74) is 1.80. The van der Waals surface area contributed by atoms with Crippen molar-refractivity contribution in [3.8, 4) is 5.75 Å². The van der Waals surface area contributed by atoms with Crippen LogP contribution >= 0.6 is 0 Å². The summed E-state index contributed by atoms with van der Waals surface area (Å²) in [4.78, 5) is 23.7. The molecular weight excluding hydrogens is 380 g/mol. The summed E-state index contributed by atoms with van der Waals surface area (Å²) >= 11 is 0. The van der Waals surface area contributed by atoms with E-state index in [2.05, 4.69) is 15.4 Å². The van der Waals surface area contributed by atoms with E-state index >= 15 is 0 Å². The summed E-state index contributed by atoms with van der Waals surface area (Å²) in [6, 6.07) is 15.7. The van der Waals surface area contributed by atoms with Crippen molar-refractivity contribution in [3.05, 3.63) is 65.7 Å². The standard InChI is InChI=1S/C21H25F2N3O3/c1-2-12-24-18(27)13-25-19(28)14-26-20(15-6-4-3-5-7-15)16-8-10-17(11-9-16)29-21(22)23/h3-11,20-21,26H,2,12-14H2,1H3,(H,24,27)(H,25,28)/p+1/t20-/m0/s1. The van der Waals surface area contributed by atoms with Crippen LogP contribution in [0, 0.1) is 0 Å². The molecule has 0 bridgehead atoms. The number of hydrogen-bond acceptors (Lipinski definition) is 3. The number of carbonyl (C=O) groups excluding carboxylic acids is 2. The van der Waals surface area contributed by atoms with Gasteiger partial charge in [0.25, 0.3) is 5.91 Å². The van der Waals surface area contributed by atoms with Crippen LogP contribution in [0.25, 0.3) is 0 Å². The maximum atomic E-state index is 12.4. The zero-order valence-corrected chi connectivity index (χ0v) is 16.2. The van der Waals surface area contributed by atoms with Crippen LogP contribution in [0.4, 0.5) is 8.78 Å². The summed E-state index contributed by atoms with van der Waals surface area (Å²) in [6.45, 7) is -0.319. The highest BCUT2D eigenvalue weighted by Crippen LogP contribution is 2.22. The molecule has 2 amide bonds. The third-order valence-electron chi connectivity index (χ3n) is 4.18. The SMILES string of the molecule is CCCNC(=O)CNC(=O)C[NH2+][C@@H](c1ccccc1)c1ccc(OC(F)F)cc1. The topological polar surface area (TPSA) is 84.0 Å². The molecule has 6 nitrogen and oxygen atoms in total. The van der Waals surface area contributed by atoms with Crippen molar-refractivity contribution in [2.45, 2.75) is 26.0 Å². The molecule has 4 N–H and O–H groups in total. The molecule has 0 unspecified atom stereocenters. The molecule has 0 saturated carbocycles. The lowest BCUT2D eigenvalue weighted by atomic mass is 9.98. The minimum atomic E-state index is -2.88. The molecule has 0 radical (unpaired) electrons. The van der Waals surface area contributed by atoms with Crippen molar-refractivity contribution in [1.82, 2.24) is 10.6 Å².